The number of carbonyl (C=O) groups excluding carboxylic acids is 1. The van der Waals surface area contributed by atoms with Gasteiger partial charge in [-0.3, -0.25) is 4.79 Å². The molecule has 0 radical (unpaired) electrons. The molecule has 4 nitrogen and oxygen atoms in total. The Hall–Kier alpha value is -1.52. The normalized spacial score (nSPS) is 17.6. The van der Waals surface area contributed by atoms with Crippen molar-refractivity contribution in [1.82, 2.24) is 9.97 Å². The van der Waals surface area contributed by atoms with Crippen LogP contribution in [0.25, 0.3) is 0 Å². The van der Waals surface area contributed by atoms with Gasteiger partial charge in [0.15, 0.2) is 0 Å². The largest absolute Gasteiger partial charge is 0.348 e. The molecule has 1 atom stereocenters. The van der Waals surface area contributed by atoms with Crippen molar-refractivity contribution < 1.29 is 4.79 Å². The molecule has 20 heavy (non-hydrogen) atoms. The first kappa shape index (κ1) is 13.5. The van der Waals surface area contributed by atoms with Crippen molar-refractivity contribution in [3.63, 3.8) is 0 Å². The molecular formula is C14H13Cl2N3O. The number of anilines is 1. The van der Waals surface area contributed by atoms with Crippen LogP contribution in [-0.4, -0.2) is 15.9 Å². The highest BCUT2D eigenvalue weighted by molar-refractivity contribution is 6.44. The third-order valence-electron chi connectivity index (χ3n) is 3.57. The molecule has 6 heteroatoms. The van der Waals surface area contributed by atoms with E-state index in [0.29, 0.717) is 22.2 Å². The highest BCUT2D eigenvalue weighted by Gasteiger charge is 2.26. The van der Waals surface area contributed by atoms with Crippen LogP contribution in [0.4, 0.5) is 5.69 Å². The number of amides is 1. The van der Waals surface area contributed by atoms with Crippen molar-refractivity contribution in [2.45, 2.75) is 19.3 Å². The molecule has 3 rings (SSSR count). The lowest BCUT2D eigenvalue weighted by Gasteiger charge is -2.21. The first-order valence-corrected chi connectivity index (χ1v) is 7.16. The topological polar surface area (TPSA) is 57.8 Å². The molecule has 0 saturated carbocycles. The summed E-state index contributed by atoms with van der Waals surface area (Å²) in [6, 6.07) is 5.20. The Morgan fingerprint density at radius 2 is 2.25 bits per heavy atom. The molecule has 1 aliphatic rings. The first-order valence-electron chi connectivity index (χ1n) is 6.41. The van der Waals surface area contributed by atoms with Gasteiger partial charge in [0.05, 0.1) is 27.8 Å². The number of imidazole rings is 1. The molecule has 1 heterocycles. The van der Waals surface area contributed by atoms with E-state index in [1.807, 2.05) is 0 Å². The quantitative estimate of drug-likeness (QED) is 0.892. The summed E-state index contributed by atoms with van der Waals surface area (Å²) in [5.41, 5.74) is 2.67. The van der Waals surface area contributed by atoms with Crippen LogP contribution < -0.4 is 5.32 Å². The predicted molar refractivity (Wildman–Crippen MR) is 79.2 cm³/mol. The summed E-state index contributed by atoms with van der Waals surface area (Å²) >= 11 is 12.0. The van der Waals surface area contributed by atoms with E-state index in [-0.39, 0.29) is 11.8 Å². The second-order valence-corrected chi connectivity index (χ2v) is 5.64. The van der Waals surface area contributed by atoms with Gasteiger partial charge in [-0.25, -0.2) is 4.98 Å². The summed E-state index contributed by atoms with van der Waals surface area (Å²) in [6.45, 7) is 0. The van der Waals surface area contributed by atoms with Gasteiger partial charge in [-0.05, 0) is 25.0 Å². The molecule has 1 unspecified atom stereocenters. The molecule has 0 aliphatic heterocycles. The van der Waals surface area contributed by atoms with E-state index in [2.05, 4.69) is 15.3 Å². The highest BCUT2D eigenvalue weighted by atomic mass is 35.5. The summed E-state index contributed by atoms with van der Waals surface area (Å²) in [6.07, 6.45) is 3.97. The van der Waals surface area contributed by atoms with Crippen molar-refractivity contribution in [1.29, 1.82) is 0 Å². The molecule has 104 valence electrons. The number of benzene rings is 1. The van der Waals surface area contributed by atoms with Gasteiger partial charge >= 0.3 is 0 Å². The minimum absolute atomic E-state index is 0.0329. The summed E-state index contributed by atoms with van der Waals surface area (Å²) in [5.74, 6) is -0.104. The minimum atomic E-state index is -0.0713. The van der Waals surface area contributed by atoms with Gasteiger partial charge in [0.1, 0.15) is 0 Å². The summed E-state index contributed by atoms with van der Waals surface area (Å²) in [4.78, 5) is 19.6. The van der Waals surface area contributed by atoms with Gasteiger partial charge in [0, 0.05) is 18.0 Å². The first-order chi connectivity index (χ1) is 9.65. The zero-order valence-electron chi connectivity index (χ0n) is 10.6. The van der Waals surface area contributed by atoms with Crippen molar-refractivity contribution in [3.8, 4) is 0 Å². The molecule has 0 bridgehead atoms. The Bertz CT molecular complexity index is 654. The predicted octanol–water partition coefficient (Wildman–Crippen LogP) is 3.46. The Kier molecular flexibility index (Phi) is 3.68. The van der Waals surface area contributed by atoms with Crippen molar-refractivity contribution in [2.24, 2.45) is 5.92 Å². The van der Waals surface area contributed by atoms with E-state index in [9.17, 15) is 4.79 Å². The molecule has 0 fully saturated rings. The van der Waals surface area contributed by atoms with E-state index in [1.165, 1.54) is 0 Å². The van der Waals surface area contributed by atoms with Gasteiger partial charge in [0.25, 0.3) is 0 Å². The average Bonchev–Trinajstić information content (AvgIpc) is 2.91. The molecule has 1 aromatic heterocycles. The van der Waals surface area contributed by atoms with Crippen LogP contribution in [0.2, 0.25) is 10.0 Å². The van der Waals surface area contributed by atoms with E-state index in [4.69, 9.17) is 23.2 Å². The zero-order valence-corrected chi connectivity index (χ0v) is 12.1. The van der Waals surface area contributed by atoms with Crippen LogP contribution >= 0.6 is 23.2 Å². The van der Waals surface area contributed by atoms with Gasteiger partial charge in [-0.15, -0.1) is 0 Å². The highest BCUT2D eigenvalue weighted by Crippen LogP contribution is 2.31. The smallest absolute Gasteiger partial charge is 0.227 e. The number of aromatic nitrogens is 2. The second kappa shape index (κ2) is 5.46. The Balaban J connectivity index is 1.73. The molecule has 1 aromatic carbocycles. The number of aromatic amines is 1. The fourth-order valence-corrected chi connectivity index (χ4v) is 2.81. The summed E-state index contributed by atoms with van der Waals surface area (Å²) in [5, 5.41) is 3.66. The Labute approximate surface area is 126 Å². The van der Waals surface area contributed by atoms with E-state index >= 15 is 0 Å². The number of fused-ring (bicyclic) bond motifs is 1. The third-order valence-corrected chi connectivity index (χ3v) is 4.39. The molecule has 0 saturated heterocycles. The molecular weight excluding hydrogens is 297 g/mol. The number of H-pyrrole nitrogens is 1. The standard InChI is InChI=1S/C14H13Cl2N3O/c15-9-2-1-3-11(13(9)16)19-14(20)8-4-5-10-12(6-8)18-7-17-10/h1-3,7-8H,4-6H2,(H,17,18)(H,19,20). The van der Waals surface area contributed by atoms with Crippen LogP contribution in [0, 0.1) is 5.92 Å². The maximum absolute atomic E-state index is 12.3. The van der Waals surface area contributed by atoms with Crippen LogP contribution in [0.3, 0.4) is 0 Å². The van der Waals surface area contributed by atoms with Crippen molar-refractivity contribution in [3.05, 3.63) is 46.0 Å². The van der Waals surface area contributed by atoms with Gasteiger partial charge in [-0.1, -0.05) is 29.3 Å². The average molecular weight is 310 g/mol. The maximum Gasteiger partial charge on any atom is 0.227 e. The lowest BCUT2D eigenvalue weighted by Crippen LogP contribution is -2.28. The lowest BCUT2D eigenvalue weighted by molar-refractivity contribution is -0.120. The van der Waals surface area contributed by atoms with E-state index in [0.717, 1.165) is 24.2 Å². The Morgan fingerprint density at radius 1 is 1.40 bits per heavy atom. The minimum Gasteiger partial charge on any atom is -0.348 e. The Morgan fingerprint density at radius 3 is 3.10 bits per heavy atom. The van der Waals surface area contributed by atoms with E-state index in [1.54, 1.807) is 24.5 Å². The summed E-state index contributed by atoms with van der Waals surface area (Å²) in [7, 11) is 0. The SMILES string of the molecule is O=C(Nc1cccc(Cl)c1Cl)C1CCc2nc[nH]c2C1. The monoisotopic (exact) mass is 309 g/mol. The molecule has 2 N–H and O–H groups in total. The maximum atomic E-state index is 12.3. The van der Waals surface area contributed by atoms with Crippen molar-refractivity contribution in [2.75, 3.05) is 5.32 Å². The fourth-order valence-electron chi connectivity index (χ4n) is 2.46. The van der Waals surface area contributed by atoms with Crippen LogP contribution in [0.5, 0.6) is 0 Å². The zero-order chi connectivity index (χ0) is 14.1. The van der Waals surface area contributed by atoms with Crippen molar-refractivity contribution >= 4 is 34.8 Å². The number of halogens is 2. The van der Waals surface area contributed by atoms with Crippen LogP contribution in [-0.2, 0) is 17.6 Å². The van der Waals surface area contributed by atoms with Gasteiger partial charge in [0.2, 0.25) is 5.91 Å². The number of rotatable bonds is 2. The third kappa shape index (κ3) is 2.53. The number of nitrogens with one attached hydrogen (secondary N) is 2. The second-order valence-electron chi connectivity index (χ2n) is 4.86. The molecule has 1 amide bonds. The number of nitrogens with zero attached hydrogens (tertiary/aromatic N) is 1. The van der Waals surface area contributed by atoms with Crippen LogP contribution in [0.1, 0.15) is 17.8 Å². The lowest BCUT2D eigenvalue weighted by atomic mass is 9.89. The molecule has 1 aliphatic carbocycles. The number of aryl methyl sites for hydroxylation is 1. The van der Waals surface area contributed by atoms with Gasteiger partial charge in [-0.2, -0.15) is 0 Å². The number of carbonyl (C=O) groups is 1. The fraction of sp³-hybridized carbons (Fsp3) is 0.286. The molecule has 0 spiro atoms. The number of hydrogen-bond donors (Lipinski definition) is 2. The summed E-state index contributed by atoms with van der Waals surface area (Å²) < 4.78 is 0. The van der Waals surface area contributed by atoms with Crippen LogP contribution in [0.15, 0.2) is 24.5 Å². The van der Waals surface area contributed by atoms with Gasteiger partial charge < -0.3 is 10.3 Å². The number of hydrogen-bond acceptors (Lipinski definition) is 2. The molecule has 2 aromatic rings. The van der Waals surface area contributed by atoms with E-state index < -0.39 is 0 Å².